The molecule has 57 heavy (non-hydrogen) atoms. The largest absolute Gasteiger partial charge is 0.497 e. The molecule has 5 aromatic carbocycles. The molecule has 0 unspecified atom stereocenters. The molecule has 0 saturated carbocycles. The SMILES string of the molecule is CCOCCOCCn1c2ccc(N(c3ccc(OC)cc3)c3ccc4c(c3)c3cc([N+](=O)[O-])ccc3n4CCOCCOCC)cc2c2cc([N+](=O)[O-])ccc21. The normalized spacial score (nSPS) is 11.6. The quantitative estimate of drug-likeness (QED) is 0.0417. The Labute approximate surface area is 328 Å². The summed E-state index contributed by atoms with van der Waals surface area (Å²) in [5.74, 6) is 0.697. The number of hydrogen-bond donors (Lipinski definition) is 0. The standard InChI is InChI=1S/C43H45N5O9/c1-4-54-22-24-56-20-18-44-40-14-8-31(26-36(40)38-28-33(47(49)50)10-16-42(38)44)46(30-6-12-35(53-3)13-7-30)32-9-15-41-37(27-32)39-29-34(48(51)52)11-17-43(39)45(41)19-21-57-25-23-55-5-2/h6-17,26-29H,4-5,18-25H2,1-3H3. The van der Waals surface area contributed by atoms with E-state index >= 15 is 0 Å². The number of rotatable bonds is 20. The maximum Gasteiger partial charge on any atom is 0.270 e. The van der Waals surface area contributed by atoms with Crippen LogP contribution in [0.5, 0.6) is 5.75 Å². The lowest BCUT2D eigenvalue weighted by molar-refractivity contribution is -0.384. The highest BCUT2D eigenvalue weighted by Gasteiger charge is 2.21. The van der Waals surface area contributed by atoms with Crippen molar-refractivity contribution in [3.63, 3.8) is 0 Å². The van der Waals surface area contributed by atoms with Gasteiger partial charge in [-0.1, -0.05) is 0 Å². The number of ether oxygens (including phenoxy) is 5. The number of nitrogens with zero attached hydrogens (tertiary/aromatic N) is 5. The predicted molar refractivity (Wildman–Crippen MR) is 222 cm³/mol. The summed E-state index contributed by atoms with van der Waals surface area (Å²) in [6, 6.07) is 29.8. The number of non-ortho nitro benzene ring substituents is 2. The molecule has 7 rings (SSSR count). The summed E-state index contributed by atoms with van der Waals surface area (Å²) in [6.07, 6.45) is 0. The van der Waals surface area contributed by atoms with E-state index in [-0.39, 0.29) is 21.2 Å². The van der Waals surface area contributed by atoms with Gasteiger partial charge in [0, 0.05) is 111 Å². The molecule has 0 spiro atoms. The van der Waals surface area contributed by atoms with Crippen molar-refractivity contribution >= 4 is 72.0 Å². The highest BCUT2D eigenvalue weighted by Crippen LogP contribution is 2.42. The second-order valence-corrected chi connectivity index (χ2v) is 13.3. The van der Waals surface area contributed by atoms with Gasteiger partial charge in [-0.15, -0.1) is 0 Å². The smallest absolute Gasteiger partial charge is 0.270 e. The lowest BCUT2D eigenvalue weighted by Crippen LogP contribution is -2.11. The Hall–Kier alpha value is -6.06. The van der Waals surface area contributed by atoms with Gasteiger partial charge in [0.05, 0.1) is 56.6 Å². The summed E-state index contributed by atoms with van der Waals surface area (Å²) < 4.78 is 32.3. The third-order valence-corrected chi connectivity index (χ3v) is 10.0. The molecule has 7 aromatic rings. The van der Waals surface area contributed by atoms with Crippen molar-refractivity contribution < 1.29 is 33.5 Å². The van der Waals surface area contributed by atoms with E-state index in [1.807, 2.05) is 62.4 Å². The minimum absolute atomic E-state index is 0.00237. The molecule has 14 nitrogen and oxygen atoms in total. The summed E-state index contributed by atoms with van der Waals surface area (Å²) in [5.41, 5.74) is 5.99. The summed E-state index contributed by atoms with van der Waals surface area (Å²) in [7, 11) is 1.62. The van der Waals surface area contributed by atoms with Gasteiger partial charge in [0.2, 0.25) is 0 Å². The summed E-state index contributed by atoms with van der Waals surface area (Å²) in [4.78, 5) is 25.2. The first-order valence-corrected chi connectivity index (χ1v) is 19.0. The third kappa shape index (κ3) is 8.25. The molecular weight excluding hydrogens is 730 g/mol. The Bertz CT molecular complexity index is 2380. The van der Waals surface area contributed by atoms with Crippen molar-refractivity contribution in [2.45, 2.75) is 26.9 Å². The van der Waals surface area contributed by atoms with Crippen LogP contribution in [0.2, 0.25) is 0 Å². The van der Waals surface area contributed by atoms with Gasteiger partial charge in [0.1, 0.15) is 5.75 Å². The Balaban J connectivity index is 1.36. The van der Waals surface area contributed by atoms with Gasteiger partial charge in [0.15, 0.2) is 0 Å². The van der Waals surface area contributed by atoms with Crippen LogP contribution in [-0.2, 0) is 32.0 Å². The maximum atomic E-state index is 12.0. The van der Waals surface area contributed by atoms with Crippen LogP contribution >= 0.6 is 0 Å². The summed E-state index contributed by atoms with van der Waals surface area (Å²) >= 11 is 0. The van der Waals surface area contributed by atoms with Crippen LogP contribution in [-0.4, -0.2) is 78.9 Å². The zero-order valence-corrected chi connectivity index (χ0v) is 32.2. The van der Waals surface area contributed by atoms with Gasteiger partial charge in [-0.3, -0.25) is 20.2 Å². The molecular formula is C43H45N5O9. The van der Waals surface area contributed by atoms with E-state index in [2.05, 4.69) is 26.2 Å². The topological polar surface area (TPSA) is 146 Å². The lowest BCUT2D eigenvalue weighted by Gasteiger charge is -2.26. The fourth-order valence-corrected chi connectivity index (χ4v) is 7.37. The van der Waals surface area contributed by atoms with Crippen LogP contribution in [0.4, 0.5) is 28.4 Å². The van der Waals surface area contributed by atoms with Crippen molar-refractivity contribution in [2.75, 3.05) is 64.9 Å². The first-order valence-electron chi connectivity index (χ1n) is 19.0. The summed E-state index contributed by atoms with van der Waals surface area (Å²) in [5, 5.41) is 27.1. The van der Waals surface area contributed by atoms with Crippen LogP contribution in [0.15, 0.2) is 97.1 Å². The van der Waals surface area contributed by atoms with Crippen LogP contribution in [0.3, 0.4) is 0 Å². The Kier molecular flexibility index (Phi) is 12.2. The second-order valence-electron chi connectivity index (χ2n) is 13.3. The van der Waals surface area contributed by atoms with E-state index in [1.165, 1.54) is 12.1 Å². The van der Waals surface area contributed by atoms with E-state index in [9.17, 15) is 20.2 Å². The van der Waals surface area contributed by atoms with Gasteiger partial charge in [-0.25, -0.2) is 0 Å². The molecule has 0 N–H and O–H groups in total. The van der Waals surface area contributed by atoms with Crippen molar-refractivity contribution in [3.05, 3.63) is 117 Å². The average Bonchev–Trinajstić information content (AvgIpc) is 3.71. The molecule has 0 radical (unpaired) electrons. The van der Waals surface area contributed by atoms with Crippen LogP contribution in [0.25, 0.3) is 43.6 Å². The van der Waals surface area contributed by atoms with Gasteiger partial charge >= 0.3 is 0 Å². The van der Waals surface area contributed by atoms with Crippen molar-refractivity contribution in [2.24, 2.45) is 0 Å². The minimum atomic E-state index is -0.379. The molecule has 0 aliphatic carbocycles. The first-order chi connectivity index (χ1) is 27.8. The van der Waals surface area contributed by atoms with Crippen molar-refractivity contribution in [1.82, 2.24) is 9.13 Å². The molecule has 0 amide bonds. The van der Waals surface area contributed by atoms with E-state index in [4.69, 9.17) is 23.7 Å². The Morgan fingerprint density at radius 2 is 0.895 bits per heavy atom. The molecule has 2 heterocycles. The predicted octanol–water partition coefficient (Wildman–Crippen LogP) is 9.30. The Morgan fingerprint density at radius 1 is 0.509 bits per heavy atom. The summed E-state index contributed by atoms with van der Waals surface area (Å²) in [6.45, 7) is 9.03. The van der Waals surface area contributed by atoms with Gasteiger partial charge < -0.3 is 37.7 Å². The fourth-order valence-electron chi connectivity index (χ4n) is 7.37. The molecule has 296 valence electrons. The number of nitro benzene ring substituents is 2. The zero-order chi connectivity index (χ0) is 39.9. The number of anilines is 3. The van der Waals surface area contributed by atoms with E-state index in [0.717, 1.165) is 60.7 Å². The number of nitro groups is 2. The number of fused-ring (bicyclic) bond motifs is 6. The van der Waals surface area contributed by atoms with Crippen molar-refractivity contribution in [1.29, 1.82) is 0 Å². The molecule has 0 aliphatic rings. The zero-order valence-electron chi connectivity index (χ0n) is 32.2. The van der Waals surface area contributed by atoms with E-state index < -0.39 is 0 Å². The first kappa shape index (κ1) is 39.2. The highest BCUT2D eigenvalue weighted by atomic mass is 16.6. The van der Waals surface area contributed by atoms with Gasteiger partial charge in [-0.2, -0.15) is 0 Å². The molecule has 0 aliphatic heterocycles. The number of aromatic nitrogens is 2. The fraction of sp³-hybridized carbons (Fsp3) is 0.302. The Morgan fingerprint density at radius 3 is 1.30 bits per heavy atom. The number of hydrogen-bond acceptors (Lipinski definition) is 10. The minimum Gasteiger partial charge on any atom is -0.497 e. The highest BCUT2D eigenvalue weighted by molar-refractivity contribution is 6.12. The third-order valence-electron chi connectivity index (χ3n) is 10.0. The molecule has 0 fully saturated rings. The van der Waals surface area contributed by atoms with Crippen LogP contribution in [0, 0.1) is 20.2 Å². The average molecular weight is 776 g/mol. The van der Waals surface area contributed by atoms with Gasteiger partial charge in [0.25, 0.3) is 11.4 Å². The van der Waals surface area contributed by atoms with Crippen LogP contribution in [0.1, 0.15) is 13.8 Å². The molecule has 14 heteroatoms. The monoisotopic (exact) mass is 775 g/mol. The van der Waals surface area contributed by atoms with E-state index in [1.54, 1.807) is 31.4 Å². The molecule has 0 bridgehead atoms. The maximum absolute atomic E-state index is 12.0. The van der Waals surface area contributed by atoms with E-state index in [0.29, 0.717) is 71.7 Å². The molecule has 2 aromatic heterocycles. The second kappa shape index (κ2) is 17.8. The number of benzene rings is 5. The molecule has 0 saturated heterocycles. The molecule has 0 atom stereocenters. The van der Waals surface area contributed by atoms with Gasteiger partial charge in [-0.05, 0) is 86.6 Å². The number of methoxy groups -OCH3 is 1. The van der Waals surface area contributed by atoms with Crippen molar-refractivity contribution in [3.8, 4) is 5.75 Å². The van der Waals surface area contributed by atoms with Crippen LogP contribution < -0.4 is 9.64 Å². The lowest BCUT2D eigenvalue weighted by atomic mass is 10.1.